The van der Waals surface area contributed by atoms with Crippen molar-refractivity contribution in [2.24, 2.45) is 5.73 Å². The average Bonchev–Trinajstić information content (AvgIpc) is 2.32. The SMILES string of the molecule is Cc1cc(NC(=O)CNC(=O)CCN)ccc1Br.Cl. The number of amides is 2. The molecule has 1 rings (SSSR count). The minimum atomic E-state index is -0.262. The molecule has 0 aliphatic heterocycles. The van der Waals surface area contributed by atoms with Crippen LogP contribution in [0.4, 0.5) is 5.69 Å². The average molecular weight is 351 g/mol. The molecule has 106 valence electrons. The third-order valence-electron chi connectivity index (χ3n) is 2.26. The number of nitrogens with one attached hydrogen (secondary N) is 2. The van der Waals surface area contributed by atoms with Crippen molar-refractivity contribution in [3.63, 3.8) is 0 Å². The zero-order valence-corrected chi connectivity index (χ0v) is 12.9. The standard InChI is InChI=1S/C12H16BrN3O2.ClH/c1-8-6-9(2-3-10(8)13)16-12(18)7-15-11(17)4-5-14;/h2-3,6H,4-5,7,14H2,1H3,(H,15,17)(H,16,18);1H. The zero-order valence-electron chi connectivity index (χ0n) is 10.5. The normalized spacial score (nSPS) is 9.42. The van der Waals surface area contributed by atoms with E-state index in [0.29, 0.717) is 5.69 Å². The van der Waals surface area contributed by atoms with E-state index in [4.69, 9.17) is 5.73 Å². The minimum Gasteiger partial charge on any atom is -0.347 e. The van der Waals surface area contributed by atoms with E-state index < -0.39 is 0 Å². The zero-order chi connectivity index (χ0) is 13.5. The topological polar surface area (TPSA) is 84.2 Å². The van der Waals surface area contributed by atoms with E-state index >= 15 is 0 Å². The Morgan fingerprint density at radius 3 is 2.58 bits per heavy atom. The summed E-state index contributed by atoms with van der Waals surface area (Å²) in [7, 11) is 0. The predicted molar refractivity (Wildman–Crippen MR) is 81.4 cm³/mol. The van der Waals surface area contributed by atoms with E-state index in [0.717, 1.165) is 10.0 Å². The molecule has 0 radical (unpaired) electrons. The Labute approximate surface area is 126 Å². The monoisotopic (exact) mass is 349 g/mol. The van der Waals surface area contributed by atoms with Gasteiger partial charge in [-0.3, -0.25) is 9.59 Å². The number of hydrogen-bond acceptors (Lipinski definition) is 3. The van der Waals surface area contributed by atoms with Crippen LogP contribution in [0.1, 0.15) is 12.0 Å². The highest BCUT2D eigenvalue weighted by atomic mass is 79.9. The summed E-state index contributed by atoms with van der Waals surface area (Å²) < 4.78 is 0.983. The molecule has 4 N–H and O–H groups in total. The number of anilines is 1. The molecule has 0 fully saturated rings. The van der Waals surface area contributed by atoms with Gasteiger partial charge in [-0.15, -0.1) is 12.4 Å². The first-order chi connectivity index (χ1) is 8.52. The van der Waals surface area contributed by atoms with Crippen molar-refractivity contribution in [2.75, 3.05) is 18.4 Å². The van der Waals surface area contributed by atoms with Crippen molar-refractivity contribution < 1.29 is 9.59 Å². The fourth-order valence-electron chi connectivity index (χ4n) is 1.33. The van der Waals surface area contributed by atoms with E-state index in [2.05, 4.69) is 26.6 Å². The van der Waals surface area contributed by atoms with E-state index in [9.17, 15) is 9.59 Å². The van der Waals surface area contributed by atoms with Gasteiger partial charge in [0, 0.05) is 23.1 Å². The molecule has 0 unspecified atom stereocenters. The Morgan fingerprint density at radius 1 is 1.32 bits per heavy atom. The maximum absolute atomic E-state index is 11.5. The maximum atomic E-state index is 11.5. The van der Waals surface area contributed by atoms with Gasteiger partial charge in [-0.1, -0.05) is 15.9 Å². The Hall–Kier alpha value is -1.11. The highest BCUT2D eigenvalue weighted by molar-refractivity contribution is 9.10. The van der Waals surface area contributed by atoms with E-state index in [1.807, 2.05) is 19.1 Å². The summed E-state index contributed by atoms with van der Waals surface area (Å²) in [6.07, 6.45) is 0.227. The molecule has 0 heterocycles. The molecule has 0 atom stereocenters. The van der Waals surface area contributed by atoms with Gasteiger partial charge in [0.1, 0.15) is 0 Å². The lowest BCUT2D eigenvalue weighted by molar-refractivity contribution is -0.124. The number of carbonyl (C=O) groups excluding carboxylic acids is 2. The number of hydrogen-bond donors (Lipinski definition) is 3. The van der Waals surface area contributed by atoms with Crippen LogP contribution in [0.25, 0.3) is 0 Å². The number of halogens is 2. The molecule has 0 saturated carbocycles. The number of benzene rings is 1. The van der Waals surface area contributed by atoms with Crippen molar-refractivity contribution in [2.45, 2.75) is 13.3 Å². The first kappa shape index (κ1) is 17.9. The fraction of sp³-hybridized carbons (Fsp3) is 0.333. The minimum absolute atomic E-state index is 0. The van der Waals surface area contributed by atoms with Gasteiger partial charge in [0.15, 0.2) is 0 Å². The number of carbonyl (C=O) groups is 2. The lowest BCUT2D eigenvalue weighted by atomic mass is 10.2. The van der Waals surface area contributed by atoms with Crippen LogP contribution in [0, 0.1) is 6.92 Å². The number of aryl methyl sites for hydroxylation is 1. The first-order valence-corrected chi connectivity index (χ1v) is 6.35. The van der Waals surface area contributed by atoms with Crippen LogP contribution in [0.2, 0.25) is 0 Å². The Morgan fingerprint density at radius 2 is 2.00 bits per heavy atom. The molecule has 0 bridgehead atoms. The fourth-order valence-corrected chi connectivity index (χ4v) is 1.57. The molecule has 5 nitrogen and oxygen atoms in total. The largest absolute Gasteiger partial charge is 0.347 e. The summed E-state index contributed by atoms with van der Waals surface area (Å²) in [6, 6.07) is 5.50. The summed E-state index contributed by atoms with van der Waals surface area (Å²) >= 11 is 3.38. The van der Waals surface area contributed by atoms with Crippen LogP contribution in [0.15, 0.2) is 22.7 Å². The van der Waals surface area contributed by atoms with Gasteiger partial charge >= 0.3 is 0 Å². The molecule has 2 amide bonds. The van der Waals surface area contributed by atoms with Crippen molar-refractivity contribution in [1.29, 1.82) is 0 Å². The van der Waals surface area contributed by atoms with Crippen molar-refractivity contribution in [1.82, 2.24) is 5.32 Å². The van der Waals surface area contributed by atoms with Gasteiger partial charge < -0.3 is 16.4 Å². The maximum Gasteiger partial charge on any atom is 0.243 e. The molecule has 0 aromatic heterocycles. The van der Waals surface area contributed by atoms with Crippen LogP contribution < -0.4 is 16.4 Å². The highest BCUT2D eigenvalue weighted by Crippen LogP contribution is 2.19. The molecule has 1 aromatic rings. The lowest BCUT2D eigenvalue weighted by Gasteiger charge is -2.08. The van der Waals surface area contributed by atoms with Gasteiger partial charge in [0.25, 0.3) is 0 Å². The molecule has 0 spiro atoms. The summed E-state index contributed by atoms with van der Waals surface area (Å²) in [5.74, 6) is -0.485. The molecule has 0 saturated heterocycles. The van der Waals surface area contributed by atoms with Gasteiger partial charge in [0.05, 0.1) is 6.54 Å². The van der Waals surface area contributed by atoms with Crippen LogP contribution in [0.5, 0.6) is 0 Å². The lowest BCUT2D eigenvalue weighted by Crippen LogP contribution is -2.33. The Balaban J connectivity index is 0.00000324. The highest BCUT2D eigenvalue weighted by Gasteiger charge is 2.05. The molecular weight excluding hydrogens is 334 g/mol. The van der Waals surface area contributed by atoms with Gasteiger partial charge in [-0.05, 0) is 30.7 Å². The quantitative estimate of drug-likeness (QED) is 0.754. The van der Waals surface area contributed by atoms with E-state index in [-0.39, 0.29) is 43.7 Å². The molecule has 7 heteroatoms. The van der Waals surface area contributed by atoms with E-state index in [1.54, 1.807) is 6.07 Å². The smallest absolute Gasteiger partial charge is 0.243 e. The summed E-state index contributed by atoms with van der Waals surface area (Å²) in [5, 5.41) is 5.19. The number of rotatable bonds is 5. The first-order valence-electron chi connectivity index (χ1n) is 5.55. The van der Waals surface area contributed by atoms with Crippen molar-refractivity contribution >= 4 is 45.8 Å². The van der Waals surface area contributed by atoms with Crippen molar-refractivity contribution in [3.8, 4) is 0 Å². The summed E-state index contributed by atoms with van der Waals surface area (Å²) in [4.78, 5) is 22.7. The molecular formula is C12H17BrClN3O2. The molecule has 1 aromatic carbocycles. The van der Waals surface area contributed by atoms with Crippen LogP contribution in [-0.4, -0.2) is 24.9 Å². The summed E-state index contributed by atoms with van der Waals surface area (Å²) in [6.45, 7) is 2.16. The number of nitrogens with two attached hydrogens (primary N) is 1. The van der Waals surface area contributed by atoms with Gasteiger partial charge in [-0.25, -0.2) is 0 Å². The second-order valence-corrected chi connectivity index (χ2v) is 4.68. The third kappa shape index (κ3) is 6.56. The Kier molecular flexibility index (Phi) is 8.38. The molecule has 0 aliphatic carbocycles. The van der Waals surface area contributed by atoms with Crippen LogP contribution in [0.3, 0.4) is 0 Å². The van der Waals surface area contributed by atoms with Crippen molar-refractivity contribution in [3.05, 3.63) is 28.2 Å². The second-order valence-electron chi connectivity index (χ2n) is 3.83. The predicted octanol–water partition coefficient (Wildman–Crippen LogP) is 1.58. The van der Waals surface area contributed by atoms with Crippen LogP contribution >= 0.6 is 28.3 Å². The second kappa shape index (κ2) is 8.90. The third-order valence-corrected chi connectivity index (χ3v) is 3.15. The van der Waals surface area contributed by atoms with Crippen LogP contribution in [-0.2, 0) is 9.59 Å². The van der Waals surface area contributed by atoms with E-state index in [1.165, 1.54) is 0 Å². The van der Waals surface area contributed by atoms with Gasteiger partial charge in [0.2, 0.25) is 11.8 Å². The summed E-state index contributed by atoms with van der Waals surface area (Å²) in [5.41, 5.74) is 6.95. The Bertz CT molecular complexity index is 455. The van der Waals surface area contributed by atoms with Gasteiger partial charge in [-0.2, -0.15) is 0 Å². The molecule has 19 heavy (non-hydrogen) atoms. The molecule has 0 aliphatic rings.